The van der Waals surface area contributed by atoms with Crippen molar-refractivity contribution in [3.63, 3.8) is 0 Å². The number of halogens is 1. The summed E-state index contributed by atoms with van der Waals surface area (Å²) < 4.78 is 34.5. The van der Waals surface area contributed by atoms with E-state index in [2.05, 4.69) is 14.1 Å². The lowest BCUT2D eigenvalue weighted by atomic mass is 9.86. The summed E-state index contributed by atoms with van der Waals surface area (Å²) in [6.07, 6.45) is 0.302. The van der Waals surface area contributed by atoms with Gasteiger partial charge < -0.3 is 10.2 Å². The normalized spacial score (nSPS) is 15.5. The van der Waals surface area contributed by atoms with Gasteiger partial charge in [0.05, 0.1) is 10.5 Å². The number of aliphatic hydroxyl groups is 2. The van der Waals surface area contributed by atoms with Crippen LogP contribution in [0.1, 0.15) is 74.9 Å². The molecule has 2 atom stereocenters. The maximum atomic E-state index is 14.1. The molecule has 0 aliphatic heterocycles. The smallest absolute Gasteiger partial charge is 0.204 e. The molecule has 0 spiro atoms. The maximum absolute atomic E-state index is 14.1. The first-order valence-electron chi connectivity index (χ1n) is 9.92. The molecule has 3 N–H and O–H groups in total. The lowest BCUT2D eigenvalue weighted by molar-refractivity contribution is 0.0823. The molecule has 6 nitrogen and oxygen atoms in total. The molecule has 1 aromatic carbocycles. The summed E-state index contributed by atoms with van der Waals surface area (Å²) in [6.45, 7) is 11.1. The van der Waals surface area contributed by atoms with E-state index < -0.39 is 21.7 Å². The quantitative estimate of drug-likeness (QED) is 0.551. The van der Waals surface area contributed by atoms with Crippen LogP contribution in [0.25, 0.3) is 0 Å². The van der Waals surface area contributed by atoms with Gasteiger partial charge in [0, 0.05) is 12.6 Å². The number of hydrogen-bond acceptors (Lipinski definition) is 6. The van der Waals surface area contributed by atoms with E-state index in [4.69, 9.17) is 0 Å². The Hall–Kier alpha value is -1.39. The van der Waals surface area contributed by atoms with Crippen molar-refractivity contribution >= 4 is 21.3 Å². The fraction of sp³-hybridized carbons (Fsp3) is 0.571. The minimum absolute atomic E-state index is 0.0577. The molecule has 2 unspecified atom stereocenters. The molecule has 1 aromatic heterocycles. The van der Waals surface area contributed by atoms with Crippen LogP contribution in [0.15, 0.2) is 27.0 Å². The zero-order chi connectivity index (χ0) is 22.9. The summed E-state index contributed by atoms with van der Waals surface area (Å²) in [5.41, 5.74) is 1.33. The highest BCUT2D eigenvalue weighted by molar-refractivity contribution is 7.93. The lowest BCUT2D eigenvalue weighted by Crippen LogP contribution is -2.23. The molecule has 0 saturated carbocycles. The second-order valence-corrected chi connectivity index (χ2v) is 11.8. The molecule has 2 aromatic rings. The number of nitrogens with zero attached hydrogens (tertiary/aromatic N) is 2. The van der Waals surface area contributed by atoms with Gasteiger partial charge >= 0.3 is 0 Å². The van der Waals surface area contributed by atoms with Crippen LogP contribution in [0.3, 0.4) is 0 Å². The molecule has 2 rings (SSSR count). The Kier molecular flexibility index (Phi) is 7.79. The van der Waals surface area contributed by atoms with Gasteiger partial charge in [0.15, 0.2) is 16.1 Å². The van der Waals surface area contributed by atoms with Crippen LogP contribution in [0.2, 0.25) is 0 Å². The van der Waals surface area contributed by atoms with E-state index in [1.165, 1.54) is 25.4 Å². The third-order valence-corrected chi connectivity index (χ3v) is 8.49. The van der Waals surface area contributed by atoms with Crippen LogP contribution in [0, 0.1) is 5.82 Å². The van der Waals surface area contributed by atoms with Crippen molar-refractivity contribution in [3.8, 4) is 0 Å². The summed E-state index contributed by atoms with van der Waals surface area (Å²) in [7, 11) is -1.70. The van der Waals surface area contributed by atoms with Crippen molar-refractivity contribution < 1.29 is 18.8 Å². The van der Waals surface area contributed by atoms with E-state index in [0.717, 1.165) is 28.0 Å². The molecular formula is C21H32FN3O3S2. The molecular weight excluding hydrogens is 425 g/mol. The number of nitrogens with one attached hydrogen (secondary N) is 1. The van der Waals surface area contributed by atoms with Gasteiger partial charge in [0.1, 0.15) is 5.82 Å². The first kappa shape index (κ1) is 24.9. The molecule has 0 amide bonds. The summed E-state index contributed by atoms with van der Waals surface area (Å²) in [5, 5.41) is 20.9. The first-order chi connectivity index (χ1) is 13.8. The van der Waals surface area contributed by atoms with E-state index in [0.29, 0.717) is 4.88 Å². The van der Waals surface area contributed by atoms with Crippen LogP contribution in [0.4, 0.5) is 4.39 Å². The number of aromatic nitrogens is 1. The Morgan fingerprint density at radius 1 is 1.23 bits per heavy atom. The van der Waals surface area contributed by atoms with Crippen LogP contribution < -0.4 is 4.72 Å². The second-order valence-electron chi connectivity index (χ2n) is 8.44. The van der Waals surface area contributed by atoms with Crippen LogP contribution in [0.5, 0.6) is 0 Å². The maximum Gasteiger partial charge on any atom is 0.204 e. The average molecular weight is 458 g/mol. The molecule has 1 heterocycles. The molecule has 0 bridgehead atoms. The highest BCUT2D eigenvalue weighted by atomic mass is 32.2. The SMILES string of the molecule is CNS(=O)(=NC(O)Cc1c(C(C)C)cc(F)cc1C(C)C)c1ncc(C(C)(C)O)s1. The van der Waals surface area contributed by atoms with E-state index in [1.54, 1.807) is 13.8 Å². The molecule has 0 fully saturated rings. The Balaban J connectivity index is 2.48. The van der Waals surface area contributed by atoms with Crippen LogP contribution >= 0.6 is 11.3 Å². The van der Waals surface area contributed by atoms with Crippen molar-refractivity contribution in [1.29, 1.82) is 0 Å². The molecule has 9 heteroatoms. The molecule has 0 aliphatic carbocycles. The van der Waals surface area contributed by atoms with Gasteiger partial charge in [0.2, 0.25) is 4.34 Å². The lowest BCUT2D eigenvalue weighted by Gasteiger charge is -2.21. The van der Waals surface area contributed by atoms with Crippen molar-refractivity contribution in [3.05, 3.63) is 45.7 Å². The van der Waals surface area contributed by atoms with Crippen molar-refractivity contribution in [2.24, 2.45) is 4.36 Å². The summed E-state index contributed by atoms with van der Waals surface area (Å²) in [4.78, 5) is 4.70. The van der Waals surface area contributed by atoms with Crippen molar-refractivity contribution in [2.75, 3.05) is 7.05 Å². The average Bonchev–Trinajstić information content (AvgIpc) is 3.13. The number of thiazole rings is 1. The van der Waals surface area contributed by atoms with Gasteiger partial charge in [-0.05, 0) is 61.6 Å². The minimum Gasteiger partial charge on any atom is -0.385 e. The highest BCUT2D eigenvalue weighted by Crippen LogP contribution is 2.32. The first-order valence-corrected chi connectivity index (χ1v) is 12.2. The number of rotatable bonds is 8. The number of hydrogen-bond donors (Lipinski definition) is 3. The molecule has 168 valence electrons. The van der Waals surface area contributed by atoms with Gasteiger partial charge in [-0.2, -0.15) is 4.36 Å². The topological polar surface area (TPSA) is 94.8 Å². The Morgan fingerprint density at radius 2 is 1.77 bits per heavy atom. The number of benzene rings is 1. The predicted octanol–water partition coefficient (Wildman–Crippen LogP) is 4.28. The van der Waals surface area contributed by atoms with Gasteiger partial charge in [-0.1, -0.05) is 27.7 Å². The third-order valence-electron chi connectivity index (χ3n) is 4.79. The largest absolute Gasteiger partial charge is 0.385 e. The second kappa shape index (κ2) is 9.40. The van der Waals surface area contributed by atoms with Gasteiger partial charge in [0.25, 0.3) is 0 Å². The van der Waals surface area contributed by atoms with Crippen molar-refractivity contribution in [2.45, 2.75) is 76.0 Å². The fourth-order valence-corrected chi connectivity index (χ4v) is 5.92. The van der Waals surface area contributed by atoms with Crippen LogP contribution in [-0.2, 0) is 21.9 Å². The van der Waals surface area contributed by atoms with Crippen LogP contribution in [-0.4, -0.2) is 32.7 Å². The van der Waals surface area contributed by atoms with E-state index in [9.17, 15) is 18.8 Å². The Morgan fingerprint density at radius 3 is 2.17 bits per heavy atom. The van der Waals surface area contributed by atoms with Gasteiger partial charge in [-0.15, -0.1) is 11.3 Å². The van der Waals surface area contributed by atoms with Gasteiger partial charge in [-0.3, -0.25) is 0 Å². The predicted molar refractivity (Wildman–Crippen MR) is 120 cm³/mol. The van der Waals surface area contributed by atoms with E-state index >= 15 is 0 Å². The third kappa shape index (κ3) is 5.64. The Bertz CT molecular complexity index is 974. The number of aliphatic hydroxyl groups excluding tert-OH is 1. The van der Waals surface area contributed by atoms with E-state index in [1.807, 2.05) is 27.7 Å². The molecule has 0 radical (unpaired) electrons. The Labute approximate surface area is 182 Å². The molecule has 0 saturated heterocycles. The highest BCUT2D eigenvalue weighted by Gasteiger charge is 2.25. The van der Waals surface area contributed by atoms with E-state index in [-0.39, 0.29) is 28.4 Å². The summed E-state index contributed by atoms with van der Waals surface area (Å²) >= 11 is 1.08. The summed E-state index contributed by atoms with van der Waals surface area (Å²) in [5.74, 6) is -0.191. The summed E-state index contributed by atoms with van der Waals surface area (Å²) in [6, 6.07) is 2.98. The van der Waals surface area contributed by atoms with Gasteiger partial charge in [-0.25, -0.2) is 18.3 Å². The zero-order valence-corrected chi connectivity index (χ0v) is 20.2. The standard InChI is InChI=1S/C21H32FN3O3S2/c1-12(2)15-8-14(22)9-16(13(3)4)17(15)10-19(26)25-30(28,23-7)20-24-11-18(29-20)21(5,6)27/h8-9,11-13,19,26-27H,10H2,1-7H3,(H,23,25,28). The monoisotopic (exact) mass is 457 g/mol. The molecule has 0 aliphatic rings. The zero-order valence-electron chi connectivity index (χ0n) is 18.6. The minimum atomic E-state index is -3.19. The van der Waals surface area contributed by atoms with Crippen molar-refractivity contribution in [1.82, 2.24) is 9.71 Å². The fourth-order valence-electron chi connectivity index (χ4n) is 3.19. The molecule has 30 heavy (non-hydrogen) atoms.